The van der Waals surface area contributed by atoms with Crippen LogP contribution in [0, 0.1) is 6.92 Å². The second kappa shape index (κ2) is 10.8. The van der Waals surface area contributed by atoms with Gasteiger partial charge in [-0.3, -0.25) is 4.79 Å². The Morgan fingerprint density at radius 3 is 2.50 bits per heavy atom. The van der Waals surface area contributed by atoms with E-state index in [0.717, 1.165) is 0 Å². The van der Waals surface area contributed by atoms with Gasteiger partial charge in [0.05, 0.1) is 52.3 Å². The van der Waals surface area contributed by atoms with Crippen molar-refractivity contribution in [1.29, 1.82) is 0 Å². The zero-order chi connectivity index (χ0) is 23.4. The molecule has 32 heavy (non-hydrogen) atoms. The smallest absolute Gasteiger partial charge is 0.227 e. The third-order valence-corrected chi connectivity index (χ3v) is 5.48. The van der Waals surface area contributed by atoms with Gasteiger partial charge in [0.1, 0.15) is 11.5 Å². The number of para-hydroxylation sites is 1. The molecule has 2 aromatic heterocycles. The summed E-state index contributed by atoms with van der Waals surface area (Å²) < 4.78 is 12.3. The standard InChI is InChI=1S/C21H21Cl3N2O6/c1-11-7-16(29)18-20(26(11)19-13(22)3-2-4-14(19)23)15(24)8-25-21(18)31-6-5-17(30)32-10-12(28)9-27/h2-4,7-8,12,17,27-28,30H,5-6,9-10H2,1H3. The Balaban J connectivity index is 1.97. The number of aliphatic hydroxyl groups excluding tert-OH is 3. The zero-order valence-corrected chi connectivity index (χ0v) is 19.2. The van der Waals surface area contributed by atoms with Crippen LogP contribution in [0.25, 0.3) is 16.6 Å². The van der Waals surface area contributed by atoms with Crippen LogP contribution in [0.2, 0.25) is 15.1 Å². The number of fused-ring (bicyclic) bond motifs is 1. The Kier molecular flexibility index (Phi) is 8.35. The van der Waals surface area contributed by atoms with Crippen molar-refractivity contribution in [3.8, 4) is 11.6 Å². The van der Waals surface area contributed by atoms with E-state index in [4.69, 9.17) is 49.4 Å². The van der Waals surface area contributed by atoms with Crippen LogP contribution in [0.4, 0.5) is 0 Å². The number of aliphatic hydroxyl groups is 3. The molecule has 0 aliphatic carbocycles. The average Bonchev–Trinajstić information content (AvgIpc) is 2.75. The molecule has 1 aromatic carbocycles. The van der Waals surface area contributed by atoms with Crippen LogP contribution < -0.4 is 10.2 Å². The highest BCUT2D eigenvalue weighted by molar-refractivity contribution is 6.38. The Labute approximate surface area is 198 Å². The second-order valence-electron chi connectivity index (χ2n) is 6.95. The van der Waals surface area contributed by atoms with Gasteiger partial charge in [-0.25, -0.2) is 4.98 Å². The quantitative estimate of drug-likeness (QED) is 0.384. The average molecular weight is 504 g/mol. The van der Waals surface area contributed by atoms with E-state index in [9.17, 15) is 15.0 Å². The summed E-state index contributed by atoms with van der Waals surface area (Å²) in [5.41, 5.74) is 0.996. The van der Waals surface area contributed by atoms with Gasteiger partial charge in [0.25, 0.3) is 0 Å². The minimum atomic E-state index is -1.24. The number of aromatic nitrogens is 2. The van der Waals surface area contributed by atoms with E-state index in [-0.39, 0.29) is 41.4 Å². The molecule has 0 saturated heterocycles. The molecule has 3 N–H and O–H groups in total. The third kappa shape index (κ3) is 5.35. The highest BCUT2D eigenvalue weighted by Crippen LogP contribution is 2.35. The minimum Gasteiger partial charge on any atom is -0.477 e. The maximum absolute atomic E-state index is 12.9. The summed E-state index contributed by atoms with van der Waals surface area (Å²) in [7, 11) is 0. The normalized spacial score (nSPS) is 13.3. The van der Waals surface area contributed by atoms with E-state index >= 15 is 0 Å². The largest absolute Gasteiger partial charge is 0.477 e. The summed E-state index contributed by atoms with van der Waals surface area (Å²) in [5.74, 6) is 0.0221. The van der Waals surface area contributed by atoms with Gasteiger partial charge < -0.3 is 29.4 Å². The predicted octanol–water partition coefficient (Wildman–Crippen LogP) is 3.11. The fourth-order valence-electron chi connectivity index (χ4n) is 3.12. The van der Waals surface area contributed by atoms with Crippen LogP contribution in [-0.4, -0.2) is 57.1 Å². The number of halogens is 3. The van der Waals surface area contributed by atoms with E-state index < -0.39 is 19.0 Å². The molecule has 0 bridgehead atoms. The molecule has 0 spiro atoms. The van der Waals surface area contributed by atoms with E-state index in [2.05, 4.69) is 4.98 Å². The second-order valence-corrected chi connectivity index (χ2v) is 8.17. The fourth-order valence-corrected chi connectivity index (χ4v) is 3.91. The molecule has 2 heterocycles. The predicted molar refractivity (Wildman–Crippen MR) is 122 cm³/mol. The van der Waals surface area contributed by atoms with Crippen LogP contribution in [0.3, 0.4) is 0 Å². The summed E-state index contributed by atoms with van der Waals surface area (Å²) in [5, 5.41) is 29.0. The van der Waals surface area contributed by atoms with Crippen molar-refractivity contribution in [3.63, 3.8) is 0 Å². The summed E-state index contributed by atoms with van der Waals surface area (Å²) in [6, 6.07) is 6.46. The van der Waals surface area contributed by atoms with Crippen LogP contribution in [0.1, 0.15) is 12.1 Å². The molecule has 8 nitrogen and oxygen atoms in total. The summed E-state index contributed by atoms with van der Waals surface area (Å²) in [6.45, 7) is 0.972. The van der Waals surface area contributed by atoms with Gasteiger partial charge in [0.15, 0.2) is 11.7 Å². The fraction of sp³-hybridized carbons (Fsp3) is 0.333. The number of ether oxygens (including phenoxy) is 2. The molecule has 172 valence electrons. The molecular weight excluding hydrogens is 483 g/mol. The Morgan fingerprint density at radius 2 is 1.84 bits per heavy atom. The lowest BCUT2D eigenvalue weighted by Gasteiger charge is -2.19. The third-order valence-electron chi connectivity index (χ3n) is 4.59. The van der Waals surface area contributed by atoms with Gasteiger partial charge in [-0.05, 0) is 19.1 Å². The molecule has 11 heteroatoms. The van der Waals surface area contributed by atoms with Crippen molar-refractivity contribution in [2.45, 2.75) is 25.7 Å². The van der Waals surface area contributed by atoms with Gasteiger partial charge in [-0.2, -0.15) is 0 Å². The Bertz CT molecular complexity index is 1150. The van der Waals surface area contributed by atoms with E-state index in [1.165, 1.54) is 12.3 Å². The van der Waals surface area contributed by atoms with Crippen molar-refractivity contribution in [2.24, 2.45) is 0 Å². The summed E-state index contributed by atoms with van der Waals surface area (Å²) >= 11 is 19.2. The molecule has 0 aliphatic rings. The van der Waals surface area contributed by atoms with E-state index in [1.807, 2.05) is 0 Å². The first-order chi connectivity index (χ1) is 15.2. The number of hydrogen-bond donors (Lipinski definition) is 3. The number of nitrogens with zero attached hydrogens (tertiary/aromatic N) is 2. The number of rotatable bonds is 9. The number of aryl methyl sites for hydroxylation is 1. The topological polar surface area (TPSA) is 114 Å². The van der Waals surface area contributed by atoms with Crippen molar-refractivity contribution in [1.82, 2.24) is 9.55 Å². The van der Waals surface area contributed by atoms with Gasteiger partial charge in [0, 0.05) is 18.2 Å². The highest BCUT2D eigenvalue weighted by Gasteiger charge is 2.20. The Hall–Kier alpha value is -1.91. The molecule has 0 saturated carbocycles. The number of hydrogen-bond acceptors (Lipinski definition) is 7. The molecule has 3 rings (SSSR count). The van der Waals surface area contributed by atoms with Crippen molar-refractivity contribution < 1.29 is 24.8 Å². The SMILES string of the molecule is Cc1cc(=O)c2c(OCCC(O)OCC(O)CO)ncc(Cl)c2n1-c1c(Cl)cccc1Cl. The van der Waals surface area contributed by atoms with Gasteiger partial charge in [0.2, 0.25) is 5.88 Å². The zero-order valence-electron chi connectivity index (χ0n) is 17.0. The lowest BCUT2D eigenvalue weighted by molar-refractivity contribution is -0.132. The lowest BCUT2D eigenvalue weighted by atomic mass is 10.2. The van der Waals surface area contributed by atoms with Crippen molar-refractivity contribution >= 4 is 45.7 Å². The molecule has 3 aromatic rings. The van der Waals surface area contributed by atoms with Gasteiger partial charge in [-0.15, -0.1) is 0 Å². The molecular formula is C21H21Cl3N2O6. The van der Waals surface area contributed by atoms with Gasteiger partial charge >= 0.3 is 0 Å². The van der Waals surface area contributed by atoms with Crippen LogP contribution in [0.5, 0.6) is 5.88 Å². The van der Waals surface area contributed by atoms with Gasteiger partial charge in [-0.1, -0.05) is 40.9 Å². The molecule has 2 atom stereocenters. The van der Waals surface area contributed by atoms with Crippen LogP contribution >= 0.6 is 34.8 Å². The minimum absolute atomic E-state index is 0.0221. The maximum Gasteiger partial charge on any atom is 0.227 e. The number of benzene rings is 1. The molecule has 0 amide bonds. The number of pyridine rings is 2. The molecule has 0 fully saturated rings. The Morgan fingerprint density at radius 1 is 1.16 bits per heavy atom. The van der Waals surface area contributed by atoms with E-state index in [0.29, 0.717) is 26.9 Å². The van der Waals surface area contributed by atoms with Crippen molar-refractivity contribution in [3.05, 3.63) is 61.4 Å². The summed E-state index contributed by atoms with van der Waals surface area (Å²) in [6.07, 6.45) is -0.953. The monoisotopic (exact) mass is 502 g/mol. The van der Waals surface area contributed by atoms with Crippen molar-refractivity contribution in [2.75, 3.05) is 19.8 Å². The van der Waals surface area contributed by atoms with Crippen LogP contribution in [0.15, 0.2) is 35.3 Å². The lowest BCUT2D eigenvalue weighted by Crippen LogP contribution is -2.25. The first-order valence-electron chi connectivity index (χ1n) is 9.61. The summed E-state index contributed by atoms with van der Waals surface area (Å²) in [4.78, 5) is 17.0. The molecule has 2 unspecified atom stereocenters. The maximum atomic E-state index is 12.9. The highest BCUT2D eigenvalue weighted by atomic mass is 35.5. The molecule has 0 aliphatic heterocycles. The van der Waals surface area contributed by atoms with Crippen LogP contribution in [-0.2, 0) is 4.74 Å². The first kappa shape index (κ1) is 24.7. The first-order valence-corrected chi connectivity index (χ1v) is 10.7. The van der Waals surface area contributed by atoms with E-state index in [1.54, 1.807) is 29.7 Å². The molecule has 0 radical (unpaired) electrons.